The highest BCUT2D eigenvalue weighted by atomic mass is 32.2. The molecule has 152 valence electrons. The molecule has 0 saturated carbocycles. The molecule has 8 nitrogen and oxygen atoms in total. The fourth-order valence-electron chi connectivity index (χ4n) is 3.06. The normalized spacial score (nSPS) is 19.4. The van der Waals surface area contributed by atoms with Gasteiger partial charge in [-0.1, -0.05) is 42.5 Å². The number of rotatable bonds is 6. The van der Waals surface area contributed by atoms with Gasteiger partial charge in [-0.15, -0.1) is 0 Å². The van der Waals surface area contributed by atoms with Crippen molar-refractivity contribution in [1.29, 1.82) is 0 Å². The Labute approximate surface area is 177 Å². The van der Waals surface area contributed by atoms with Gasteiger partial charge in [-0.05, 0) is 23.3 Å². The molecule has 1 atom stereocenters. The van der Waals surface area contributed by atoms with Gasteiger partial charge in [0.2, 0.25) is 23.3 Å². The summed E-state index contributed by atoms with van der Waals surface area (Å²) in [5, 5.41) is 0. The average Bonchev–Trinajstić information content (AvgIpc) is 2.92. The fraction of sp³-hybridized carbons (Fsp3) is 0.111. The number of amides is 1. The second-order valence-electron chi connectivity index (χ2n) is 7.51. The van der Waals surface area contributed by atoms with E-state index in [1.165, 1.54) is 47.8 Å². The van der Waals surface area contributed by atoms with E-state index in [2.05, 4.69) is 0 Å². The lowest BCUT2D eigenvalue weighted by Gasteiger charge is -2.26. The van der Waals surface area contributed by atoms with E-state index in [1.807, 2.05) is 0 Å². The minimum absolute atomic E-state index is 0.248. The summed E-state index contributed by atoms with van der Waals surface area (Å²) in [4.78, 5) is 24.3. The first-order valence-corrected chi connectivity index (χ1v) is 10.4. The predicted octanol–water partition coefficient (Wildman–Crippen LogP) is -2.28. The third kappa shape index (κ3) is 3.47. The molecule has 2 aromatic carbocycles. The van der Waals surface area contributed by atoms with Gasteiger partial charge in [0.1, 0.15) is 15.7 Å². The van der Waals surface area contributed by atoms with Crippen LogP contribution in [-0.4, -0.2) is 43.6 Å². The van der Waals surface area contributed by atoms with E-state index in [0.717, 1.165) is 0 Å². The molecule has 0 aromatic heterocycles. The first-order chi connectivity index (χ1) is 13.9. The summed E-state index contributed by atoms with van der Waals surface area (Å²) in [7, 11) is 0.0623. The van der Waals surface area contributed by atoms with Gasteiger partial charge in [-0.25, -0.2) is 0 Å². The largest absolute Gasteiger partial charge is 0.467 e. The number of ketones is 1. The molecule has 0 spiro atoms. The Balaban J connectivity index is 1.91. The zero-order valence-electron chi connectivity index (χ0n) is 16.7. The number of Topliss-reactive ketones (excluding diaryl/α,β-unsaturated/α-hetero) is 1. The molecule has 0 saturated heterocycles. The predicted molar refractivity (Wildman–Crippen MR) is 118 cm³/mol. The van der Waals surface area contributed by atoms with Crippen molar-refractivity contribution in [3.8, 4) is 0 Å². The van der Waals surface area contributed by atoms with Crippen molar-refractivity contribution in [2.45, 2.75) is 10.0 Å². The van der Waals surface area contributed by atoms with Crippen LogP contribution in [0.2, 0.25) is 0 Å². The average molecular weight is 424 g/mol. The lowest BCUT2D eigenvalue weighted by molar-refractivity contribution is -0.126. The SMILES string of the molecule is BC(B)(c1ccccc1)S(=O)(=O)OC1=C(N)O[C@@](B)(c2ccc(C(N)=O)cc2)C1=O. The number of benzene rings is 2. The van der Waals surface area contributed by atoms with E-state index in [4.69, 9.17) is 20.4 Å². The molecule has 30 heavy (non-hydrogen) atoms. The number of carbonyl (C=O) groups is 2. The van der Waals surface area contributed by atoms with Gasteiger partial charge in [0.25, 0.3) is 0 Å². The van der Waals surface area contributed by atoms with Crippen LogP contribution in [0, 0.1) is 0 Å². The van der Waals surface area contributed by atoms with E-state index in [-0.39, 0.29) is 5.56 Å². The van der Waals surface area contributed by atoms with Gasteiger partial charge in [0.05, 0.1) is 4.55 Å². The van der Waals surface area contributed by atoms with Crippen LogP contribution in [0.4, 0.5) is 0 Å². The van der Waals surface area contributed by atoms with Crippen molar-refractivity contribution in [3.05, 3.63) is 82.9 Å². The molecule has 1 heterocycles. The maximum Gasteiger partial charge on any atom is 0.304 e. The highest BCUT2D eigenvalue weighted by Gasteiger charge is 2.50. The van der Waals surface area contributed by atoms with Gasteiger partial charge in [-0.3, -0.25) is 9.59 Å². The number of ether oxygens (including phenoxy) is 1. The molecule has 3 rings (SSSR count). The quantitative estimate of drug-likeness (QED) is 0.394. The molecular weight excluding hydrogens is 405 g/mol. The summed E-state index contributed by atoms with van der Waals surface area (Å²) in [6.07, 6.45) is 0. The smallest absolute Gasteiger partial charge is 0.304 e. The number of carbonyl (C=O) groups excluding carboxylic acids is 2. The molecule has 4 N–H and O–H groups in total. The standard InChI is InChI=1S/C18H19B3N2O6S/c19-17(11-8-6-10(7-9-11)15(22)25)14(24)13(16(23)28-17)29-30(26,27)18(20,21)12-4-2-1-3-5-12/h1-9H,19-21,23H2,(H2,22,25)/t17-/m0/s1. The topological polar surface area (TPSA) is 139 Å². The van der Waals surface area contributed by atoms with Crippen LogP contribution in [0.25, 0.3) is 0 Å². The van der Waals surface area contributed by atoms with Crippen LogP contribution in [0.15, 0.2) is 66.2 Å². The maximum atomic E-state index is 13.1. The van der Waals surface area contributed by atoms with Crippen LogP contribution in [0.1, 0.15) is 21.5 Å². The molecule has 0 bridgehead atoms. The Morgan fingerprint density at radius 3 is 2.17 bits per heavy atom. The maximum absolute atomic E-state index is 13.1. The molecule has 1 aliphatic heterocycles. The van der Waals surface area contributed by atoms with Gasteiger partial charge < -0.3 is 20.4 Å². The minimum Gasteiger partial charge on any atom is -0.467 e. The van der Waals surface area contributed by atoms with Crippen LogP contribution in [0.3, 0.4) is 0 Å². The zero-order valence-corrected chi connectivity index (χ0v) is 17.5. The number of nitrogens with two attached hydrogens (primary N) is 2. The first kappa shape index (κ1) is 21.6. The summed E-state index contributed by atoms with van der Waals surface area (Å²) >= 11 is 0. The highest BCUT2D eigenvalue weighted by Crippen LogP contribution is 2.37. The lowest BCUT2D eigenvalue weighted by atomic mass is 9.65. The summed E-state index contributed by atoms with van der Waals surface area (Å²) < 4.78 is 35.3. The van der Waals surface area contributed by atoms with Crippen molar-refractivity contribution in [1.82, 2.24) is 0 Å². The van der Waals surface area contributed by atoms with Crippen LogP contribution >= 0.6 is 0 Å². The van der Waals surface area contributed by atoms with Crippen molar-refractivity contribution in [3.63, 3.8) is 0 Å². The minimum atomic E-state index is -4.31. The van der Waals surface area contributed by atoms with Gasteiger partial charge in [0.15, 0.2) is 13.3 Å². The molecule has 0 fully saturated rings. The van der Waals surface area contributed by atoms with Gasteiger partial charge >= 0.3 is 10.1 Å². The van der Waals surface area contributed by atoms with Crippen molar-refractivity contribution in [2.24, 2.45) is 11.5 Å². The van der Waals surface area contributed by atoms with Crippen LogP contribution in [-0.2, 0) is 33.9 Å². The third-order valence-electron chi connectivity index (χ3n) is 5.18. The van der Waals surface area contributed by atoms with Crippen LogP contribution in [0.5, 0.6) is 0 Å². The van der Waals surface area contributed by atoms with Gasteiger partial charge in [-0.2, -0.15) is 8.42 Å². The van der Waals surface area contributed by atoms with Crippen molar-refractivity contribution < 1.29 is 26.9 Å². The van der Waals surface area contributed by atoms with E-state index >= 15 is 0 Å². The Morgan fingerprint density at radius 2 is 1.63 bits per heavy atom. The van der Waals surface area contributed by atoms with Gasteiger partial charge in [0, 0.05) is 5.56 Å². The lowest BCUT2D eigenvalue weighted by Crippen LogP contribution is -2.40. The van der Waals surface area contributed by atoms with E-state index in [0.29, 0.717) is 11.1 Å². The molecule has 2 aromatic rings. The summed E-state index contributed by atoms with van der Waals surface area (Å²) in [6, 6.07) is 14.3. The second kappa shape index (κ2) is 7.28. The Morgan fingerprint density at radius 1 is 1.07 bits per heavy atom. The third-order valence-corrected chi connectivity index (χ3v) is 7.06. The van der Waals surface area contributed by atoms with Crippen LogP contribution < -0.4 is 11.5 Å². The molecule has 0 unspecified atom stereocenters. The second-order valence-corrected chi connectivity index (χ2v) is 9.61. The van der Waals surface area contributed by atoms with E-state index in [9.17, 15) is 18.0 Å². The summed E-state index contributed by atoms with van der Waals surface area (Å²) in [5.41, 5.74) is 10.5. The van der Waals surface area contributed by atoms with E-state index < -0.39 is 43.5 Å². The number of primary amides is 1. The number of hydrogen-bond acceptors (Lipinski definition) is 7. The zero-order chi connectivity index (χ0) is 22.3. The molecule has 1 aliphatic rings. The first-order valence-electron chi connectivity index (χ1n) is 9.03. The Hall–Kier alpha value is -3.14. The molecular formula is C18H19B3N2O6S. The summed E-state index contributed by atoms with van der Waals surface area (Å²) in [5.74, 6) is -2.39. The molecule has 12 heteroatoms. The fourth-order valence-corrected chi connectivity index (χ4v) is 4.07. The molecule has 0 aliphatic carbocycles. The van der Waals surface area contributed by atoms with Crippen molar-refractivity contribution in [2.75, 3.05) is 0 Å². The monoisotopic (exact) mass is 424 g/mol. The Kier molecular flexibility index (Phi) is 5.24. The van der Waals surface area contributed by atoms with E-state index in [1.54, 1.807) is 30.3 Å². The molecule has 1 amide bonds. The summed E-state index contributed by atoms with van der Waals surface area (Å²) in [6.45, 7) is 0. The highest BCUT2D eigenvalue weighted by molar-refractivity contribution is 7.90. The molecule has 0 radical (unpaired) electrons. The Bertz CT molecular complexity index is 1150. The van der Waals surface area contributed by atoms with Crippen molar-refractivity contribution >= 4 is 45.3 Å². The number of hydrogen-bond donors (Lipinski definition) is 2.